The zero-order valence-electron chi connectivity index (χ0n) is 11.5. The van der Waals surface area contributed by atoms with Crippen molar-refractivity contribution in [3.8, 4) is 0 Å². The van der Waals surface area contributed by atoms with Gasteiger partial charge in [-0.15, -0.1) is 0 Å². The normalized spacial score (nSPS) is 14.1. The van der Waals surface area contributed by atoms with Gasteiger partial charge in [-0.3, -0.25) is 4.79 Å². The summed E-state index contributed by atoms with van der Waals surface area (Å²) in [7, 11) is 1.64. The van der Waals surface area contributed by atoms with E-state index in [0.717, 1.165) is 5.69 Å². The third-order valence-corrected chi connectivity index (χ3v) is 2.64. The Morgan fingerprint density at radius 1 is 1.35 bits per heavy atom. The molecule has 1 unspecified atom stereocenters. The van der Waals surface area contributed by atoms with Gasteiger partial charge in [-0.2, -0.15) is 0 Å². The molecule has 4 nitrogen and oxygen atoms in total. The summed E-state index contributed by atoms with van der Waals surface area (Å²) in [5.74, 6) is 0.838. The van der Waals surface area contributed by atoms with Crippen LogP contribution in [0.3, 0.4) is 0 Å². The number of rotatable bonds is 3. The van der Waals surface area contributed by atoms with E-state index in [2.05, 4.69) is 30.7 Å². The molecule has 1 atom stereocenters. The molecular weight excluding hydrogens is 216 g/mol. The van der Waals surface area contributed by atoms with Crippen molar-refractivity contribution < 1.29 is 4.74 Å². The lowest BCUT2D eigenvalue weighted by atomic mass is 9.88. The summed E-state index contributed by atoms with van der Waals surface area (Å²) < 4.78 is 5.46. The van der Waals surface area contributed by atoms with Crippen LogP contribution < -0.4 is 5.56 Å². The van der Waals surface area contributed by atoms with E-state index in [-0.39, 0.29) is 23.0 Å². The zero-order chi connectivity index (χ0) is 13.2. The topological polar surface area (TPSA) is 55.0 Å². The number of hydrogen-bond donors (Lipinski definition) is 1. The fraction of sp³-hybridized carbons (Fsp3) is 0.692. The van der Waals surface area contributed by atoms with Crippen LogP contribution in [-0.4, -0.2) is 17.1 Å². The van der Waals surface area contributed by atoms with Gasteiger partial charge in [-0.05, 0) is 11.3 Å². The van der Waals surface area contributed by atoms with Gasteiger partial charge in [-0.1, -0.05) is 34.6 Å². The molecule has 0 radical (unpaired) electrons. The molecule has 0 bridgehead atoms. The Balaban J connectivity index is 3.25. The largest absolute Gasteiger partial charge is 0.373 e. The van der Waals surface area contributed by atoms with Crippen LogP contribution in [0.15, 0.2) is 10.9 Å². The fourth-order valence-corrected chi connectivity index (χ4v) is 1.79. The lowest BCUT2D eigenvalue weighted by Gasteiger charge is -2.28. The second kappa shape index (κ2) is 5.00. The van der Waals surface area contributed by atoms with Gasteiger partial charge >= 0.3 is 0 Å². The Labute approximate surface area is 102 Å². The van der Waals surface area contributed by atoms with Crippen molar-refractivity contribution in [1.29, 1.82) is 0 Å². The molecule has 1 aromatic rings. The number of aromatic amines is 1. The molecule has 0 aliphatic carbocycles. The molecule has 17 heavy (non-hydrogen) atoms. The Morgan fingerprint density at radius 3 is 2.35 bits per heavy atom. The van der Waals surface area contributed by atoms with Crippen LogP contribution in [0.25, 0.3) is 0 Å². The first kappa shape index (κ1) is 13.9. The SMILES string of the molecule is COC(c1nc(C(C)C)cc(=O)[nH]1)C(C)(C)C. The summed E-state index contributed by atoms with van der Waals surface area (Å²) in [4.78, 5) is 18.9. The summed E-state index contributed by atoms with van der Waals surface area (Å²) in [6.45, 7) is 10.2. The lowest BCUT2D eigenvalue weighted by Crippen LogP contribution is -2.26. The highest BCUT2D eigenvalue weighted by atomic mass is 16.5. The molecule has 0 spiro atoms. The van der Waals surface area contributed by atoms with Crippen molar-refractivity contribution in [2.45, 2.75) is 46.6 Å². The van der Waals surface area contributed by atoms with E-state index in [9.17, 15) is 4.79 Å². The van der Waals surface area contributed by atoms with E-state index in [4.69, 9.17) is 4.74 Å². The summed E-state index contributed by atoms with van der Waals surface area (Å²) >= 11 is 0. The standard InChI is InChI=1S/C13H22N2O2/c1-8(2)9-7-10(16)15-12(14-9)11(17-6)13(3,4)5/h7-8,11H,1-6H3,(H,14,15,16). The minimum Gasteiger partial charge on any atom is -0.373 e. The second-order valence-electron chi connectivity index (χ2n) is 5.69. The van der Waals surface area contributed by atoms with Crippen LogP contribution in [0.4, 0.5) is 0 Å². The Bertz CT molecular complexity index is 430. The molecule has 0 aliphatic rings. The van der Waals surface area contributed by atoms with Gasteiger partial charge in [0.15, 0.2) is 0 Å². The highest BCUT2D eigenvalue weighted by Gasteiger charge is 2.28. The van der Waals surface area contributed by atoms with Crippen molar-refractivity contribution in [3.05, 3.63) is 27.9 Å². The molecule has 4 heteroatoms. The molecule has 0 saturated heterocycles. The number of H-pyrrole nitrogens is 1. The maximum Gasteiger partial charge on any atom is 0.251 e. The molecule has 1 rings (SSSR count). The maximum atomic E-state index is 11.6. The summed E-state index contributed by atoms with van der Waals surface area (Å²) in [5.41, 5.74) is 0.570. The number of ether oxygens (including phenoxy) is 1. The first-order valence-corrected chi connectivity index (χ1v) is 5.89. The maximum absolute atomic E-state index is 11.6. The Hall–Kier alpha value is -1.16. The van der Waals surface area contributed by atoms with Crippen molar-refractivity contribution in [2.24, 2.45) is 5.41 Å². The lowest BCUT2D eigenvalue weighted by molar-refractivity contribution is 0.00830. The highest BCUT2D eigenvalue weighted by molar-refractivity contribution is 5.09. The van der Waals surface area contributed by atoms with Crippen LogP contribution in [-0.2, 0) is 4.74 Å². The minimum atomic E-state index is -0.214. The molecule has 0 amide bonds. The molecule has 1 heterocycles. The monoisotopic (exact) mass is 238 g/mol. The van der Waals surface area contributed by atoms with Crippen molar-refractivity contribution in [3.63, 3.8) is 0 Å². The summed E-state index contributed by atoms with van der Waals surface area (Å²) in [6, 6.07) is 1.55. The minimum absolute atomic E-state index is 0.111. The summed E-state index contributed by atoms with van der Waals surface area (Å²) in [6.07, 6.45) is -0.214. The van der Waals surface area contributed by atoms with Gasteiger partial charge < -0.3 is 9.72 Å². The second-order valence-corrected chi connectivity index (χ2v) is 5.69. The molecular formula is C13H22N2O2. The zero-order valence-corrected chi connectivity index (χ0v) is 11.5. The highest BCUT2D eigenvalue weighted by Crippen LogP contribution is 2.33. The van der Waals surface area contributed by atoms with E-state index in [0.29, 0.717) is 5.82 Å². The summed E-state index contributed by atoms with van der Waals surface area (Å²) in [5, 5.41) is 0. The van der Waals surface area contributed by atoms with Crippen molar-refractivity contribution in [2.75, 3.05) is 7.11 Å². The van der Waals surface area contributed by atoms with Crippen LogP contribution >= 0.6 is 0 Å². The average Bonchev–Trinajstić information content (AvgIpc) is 2.15. The number of nitrogens with one attached hydrogen (secondary N) is 1. The van der Waals surface area contributed by atoms with E-state index >= 15 is 0 Å². The van der Waals surface area contributed by atoms with Gasteiger partial charge in [0.1, 0.15) is 11.9 Å². The van der Waals surface area contributed by atoms with E-state index < -0.39 is 0 Å². The van der Waals surface area contributed by atoms with Crippen LogP contribution in [0.5, 0.6) is 0 Å². The molecule has 0 fully saturated rings. The molecule has 1 aromatic heterocycles. The quantitative estimate of drug-likeness (QED) is 0.880. The van der Waals surface area contributed by atoms with Gasteiger partial charge in [0.05, 0.1) is 5.69 Å². The third kappa shape index (κ3) is 3.40. The predicted molar refractivity (Wildman–Crippen MR) is 68.2 cm³/mol. The first-order valence-electron chi connectivity index (χ1n) is 5.89. The fourth-order valence-electron chi connectivity index (χ4n) is 1.79. The van der Waals surface area contributed by atoms with Gasteiger partial charge in [0, 0.05) is 13.2 Å². The van der Waals surface area contributed by atoms with Crippen molar-refractivity contribution in [1.82, 2.24) is 9.97 Å². The Kier molecular flexibility index (Phi) is 4.09. The van der Waals surface area contributed by atoms with Gasteiger partial charge in [-0.25, -0.2) is 4.98 Å². The predicted octanol–water partition coefficient (Wildman–Crippen LogP) is 2.63. The molecule has 0 saturated carbocycles. The molecule has 0 aliphatic heterocycles. The van der Waals surface area contributed by atoms with Gasteiger partial charge in [0.25, 0.3) is 5.56 Å². The third-order valence-electron chi connectivity index (χ3n) is 2.64. The van der Waals surface area contributed by atoms with Crippen LogP contribution in [0.1, 0.15) is 58.2 Å². The smallest absolute Gasteiger partial charge is 0.251 e. The molecule has 1 N–H and O–H groups in total. The number of hydrogen-bond acceptors (Lipinski definition) is 3. The van der Waals surface area contributed by atoms with E-state index in [1.807, 2.05) is 13.8 Å². The van der Waals surface area contributed by atoms with E-state index in [1.54, 1.807) is 13.2 Å². The number of nitrogens with zero attached hydrogens (tertiary/aromatic N) is 1. The number of methoxy groups -OCH3 is 1. The molecule has 96 valence electrons. The van der Waals surface area contributed by atoms with E-state index in [1.165, 1.54) is 0 Å². The Morgan fingerprint density at radius 2 is 1.94 bits per heavy atom. The average molecular weight is 238 g/mol. The van der Waals surface area contributed by atoms with Gasteiger partial charge in [0.2, 0.25) is 0 Å². The van der Waals surface area contributed by atoms with Crippen LogP contribution in [0.2, 0.25) is 0 Å². The van der Waals surface area contributed by atoms with Crippen molar-refractivity contribution >= 4 is 0 Å². The first-order chi connectivity index (χ1) is 7.75. The number of aromatic nitrogens is 2. The molecule has 0 aromatic carbocycles. The van der Waals surface area contributed by atoms with Crippen LogP contribution in [0, 0.1) is 5.41 Å².